The Balaban J connectivity index is 1.49. The zero-order chi connectivity index (χ0) is 24.2. The number of aliphatic imine (C=N–C) groups is 1. The first-order chi connectivity index (χ1) is 17.1. The summed E-state index contributed by atoms with van der Waals surface area (Å²) in [5.41, 5.74) is 9.68. The fourth-order valence-corrected chi connectivity index (χ4v) is 4.11. The lowest BCUT2D eigenvalue weighted by Crippen LogP contribution is -2.19. The summed E-state index contributed by atoms with van der Waals surface area (Å²) in [5.74, 6) is 2.31. The third-order valence-corrected chi connectivity index (χ3v) is 5.98. The van der Waals surface area contributed by atoms with Crippen LogP contribution in [0.25, 0.3) is 11.1 Å². The van der Waals surface area contributed by atoms with E-state index in [1.165, 1.54) is 0 Å². The Kier molecular flexibility index (Phi) is 6.51. The maximum Gasteiger partial charge on any atom is 0.154 e. The minimum Gasteiger partial charge on any atom is -0.497 e. The molecule has 0 bridgehead atoms. The number of nitrogens with one attached hydrogen (secondary N) is 1. The van der Waals surface area contributed by atoms with Gasteiger partial charge in [0.25, 0.3) is 0 Å². The lowest BCUT2D eigenvalue weighted by molar-refractivity contribution is 0.340. The van der Waals surface area contributed by atoms with Crippen molar-refractivity contribution in [2.75, 3.05) is 13.7 Å². The van der Waals surface area contributed by atoms with Gasteiger partial charge in [0.15, 0.2) is 5.84 Å². The minimum atomic E-state index is 0.623. The van der Waals surface area contributed by atoms with Crippen LogP contribution in [0.1, 0.15) is 23.6 Å². The summed E-state index contributed by atoms with van der Waals surface area (Å²) in [6.45, 7) is 2.59. The van der Waals surface area contributed by atoms with Crippen molar-refractivity contribution >= 4 is 28.8 Å². The summed E-state index contributed by atoms with van der Waals surface area (Å²) in [7, 11) is 1.67. The Morgan fingerprint density at radius 1 is 0.743 bits per heavy atom. The molecule has 0 aliphatic carbocycles. The van der Waals surface area contributed by atoms with Gasteiger partial charge < -0.3 is 9.47 Å². The van der Waals surface area contributed by atoms with E-state index >= 15 is 0 Å². The highest BCUT2D eigenvalue weighted by atomic mass is 35.5. The third kappa shape index (κ3) is 4.91. The van der Waals surface area contributed by atoms with E-state index in [1.54, 1.807) is 7.11 Å². The third-order valence-electron chi connectivity index (χ3n) is 5.74. The van der Waals surface area contributed by atoms with Crippen LogP contribution in [0.15, 0.2) is 101 Å². The number of hydrazone groups is 1. The Morgan fingerprint density at radius 2 is 1.34 bits per heavy atom. The Bertz CT molecular complexity index is 1390. The number of halogens is 1. The first-order valence-electron chi connectivity index (χ1n) is 11.3. The maximum atomic E-state index is 6.37. The standard InChI is InChI=1S/C29H24ClN3O2/c1-3-35-25-15-10-22(11-16-25)29-31-27-17-12-23(30)18-26(27)28(32-33-29)21-6-4-19(5-7-21)20-8-13-24(34-2)14-9-20/h4-18H,3H2,1-2H3,(H,31,33). The van der Waals surface area contributed by atoms with Crippen LogP contribution in [0.3, 0.4) is 0 Å². The SMILES string of the molecule is CCOc1ccc(C2=Nc3ccc(Cl)cc3C(c3ccc(-c4ccc(OC)cc4)cc3)=NN2)cc1. The zero-order valence-electron chi connectivity index (χ0n) is 19.5. The highest BCUT2D eigenvalue weighted by Crippen LogP contribution is 2.30. The lowest BCUT2D eigenvalue weighted by atomic mass is 9.98. The molecule has 0 radical (unpaired) electrons. The molecule has 0 saturated heterocycles. The molecule has 6 heteroatoms. The van der Waals surface area contributed by atoms with Crippen molar-refractivity contribution in [2.24, 2.45) is 10.1 Å². The summed E-state index contributed by atoms with van der Waals surface area (Å²) in [6, 6.07) is 29.8. The van der Waals surface area contributed by atoms with Crippen LogP contribution in [0.2, 0.25) is 5.02 Å². The minimum absolute atomic E-state index is 0.623. The molecule has 0 atom stereocenters. The number of amidine groups is 1. The molecule has 5 nitrogen and oxygen atoms in total. The van der Waals surface area contributed by atoms with E-state index in [2.05, 4.69) is 29.7 Å². The highest BCUT2D eigenvalue weighted by Gasteiger charge is 2.18. The first-order valence-corrected chi connectivity index (χ1v) is 11.7. The molecule has 0 spiro atoms. The molecule has 4 aromatic rings. The molecule has 5 rings (SSSR count). The molecule has 174 valence electrons. The monoisotopic (exact) mass is 481 g/mol. The van der Waals surface area contributed by atoms with Crippen molar-refractivity contribution in [3.8, 4) is 22.6 Å². The number of fused-ring (bicyclic) bond motifs is 1. The van der Waals surface area contributed by atoms with Gasteiger partial charge >= 0.3 is 0 Å². The summed E-state index contributed by atoms with van der Waals surface area (Å²) >= 11 is 6.37. The van der Waals surface area contributed by atoms with Gasteiger partial charge in [-0.05, 0) is 72.6 Å². The fourth-order valence-electron chi connectivity index (χ4n) is 3.94. The first kappa shape index (κ1) is 22.7. The van der Waals surface area contributed by atoms with Crippen molar-refractivity contribution in [3.63, 3.8) is 0 Å². The van der Waals surface area contributed by atoms with Gasteiger partial charge in [0.1, 0.15) is 17.2 Å². The Labute approximate surface area is 209 Å². The van der Waals surface area contributed by atoms with Crippen molar-refractivity contribution < 1.29 is 9.47 Å². The van der Waals surface area contributed by atoms with E-state index < -0.39 is 0 Å². The van der Waals surface area contributed by atoms with Gasteiger partial charge in [-0.2, -0.15) is 5.10 Å². The second kappa shape index (κ2) is 10.0. The smallest absolute Gasteiger partial charge is 0.154 e. The predicted molar refractivity (Wildman–Crippen MR) is 142 cm³/mol. The molecule has 0 aromatic heterocycles. The number of benzene rings is 4. The van der Waals surface area contributed by atoms with E-state index in [4.69, 9.17) is 31.2 Å². The van der Waals surface area contributed by atoms with E-state index in [0.29, 0.717) is 17.5 Å². The largest absolute Gasteiger partial charge is 0.497 e. The molecule has 35 heavy (non-hydrogen) atoms. The van der Waals surface area contributed by atoms with Crippen LogP contribution in [0.5, 0.6) is 11.5 Å². The van der Waals surface area contributed by atoms with Crippen LogP contribution in [0, 0.1) is 0 Å². The quantitative estimate of drug-likeness (QED) is 0.327. The number of hydrogen-bond donors (Lipinski definition) is 1. The zero-order valence-corrected chi connectivity index (χ0v) is 20.2. The van der Waals surface area contributed by atoms with Gasteiger partial charge in [0.2, 0.25) is 0 Å². The molecular formula is C29H24ClN3O2. The molecule has 0 fully saturated rings. The van der Waals surface area contributed by atoms with Crippen LogP contribution in [0.4, 0.5) is 5.69 Å². The number of hydrogen-bond acceptors (Lipinski definition) is 5. The van der Waals surface area contributed by atoms with Crippen LogP contribution in [-0.2, 0) is 0 Å². The molecule has 0 saturated carbocycles. The topological polar surface area (TPSA) is 55.2 Å². The Hall–Kier alpha value is -4.09. The van der Waals surface area contributed by atoms with Gasteiger partial charge in [-0.25, -0.2) is 4.99 Å². The van der Waals surface area contributed by atoms with Gasteiger partial charge in [0, 0.05) is 21.7 Å². The van der Waals surface area contributed by atoms with Crippen LogP contribution < -0.4 is 14.9 Å². The average Bonchev–Trinajstić information content (AvgIpc) is 3.09. The normalized spacial score (nSPS) is 12.5. The summed E-state index contributed by atoms with van der Waals surface area (Å²) < 4.78 is 10.8. The molecule has 1 aliphatic rings. The second-order valence-corrected chi connectivity index (χ2v) is 8.39. The number of methoxy groups -OCH3 is 1. The fraction of sp³-hybridized carbons (Fsp3) is 0.103. The van der Waals surface area contributed by atoms with E-state index in [9.17, 15) is 0 Å². The molecule has 0 unspecified atom stereocenters. The number of ether oxygens (including phenoxy) is 2. The van der Waals surface area contributed by atoms with Gasteiger partial charge in [-0.15, -0.1) is 0 Å². The van der Waals surface area contributed by atoms with Gasteiger partial charge in [-0.1, -0.05) is 48.0 Å². The molecule has 4 aromatic carbocycles. The Morgan fingerprint density at radius 3 is 2.00 bits per heavy atom. The summed E-state index contributed by atoms with van der Waals surface area (Å²) in [4.78, 5) is 4.86. The highest BCUT2D eigenvalue weighted by molar-refractivity contribution is 6.31. The lowest BCUT2D eigenvalue weighted by Gasteiger charge is -2.10. The van der Waals surface area contributed by atoms with Crippen LogP contribution in [-0.4, -0.2) is 25.3 Å². The molecule has 1 aliphatic heterocycles. The number of nitrogens with zero attached hydrogens (tertiary/aromatic N) is 2. The van der Waals surface area contributed by atoms with E-state index in [1.807, 2.05) is 73.7 Å². The van der Waals surface area contributed by atoms with Crippen molar-refractivity contribution in [1.29, 1.82) is 0 Å². The average molecular weight is 482 g/mol. The predicted octanol–water partition coefficient (Wildman–Crippen LogP) is 6.85. The maximum absolute atomic E-state index is 6.37. The van der Waals surface area contributed by atoms with E-state index in [-0.39, 0.29) is 0 Å². The number of rotatable bonds is 6. The van der Waals surface area contributed by atoms with Gasteiger partial charge in [-0.3, -0.25) is 5.43 Å². The van der Waals surface area contributed by atoms with Crippen LogP contribution >= 0.6 is 11.6 Å². The van der Waals surface area contributed by atoms with Crippen molar-refractivity contribution in [1.82, 2.24) is 5.43 Å². The molecule has 1 N–H and O–H groups in total. The van der Waals surface area contributed by atoms with E-state index in [0.717, 1.165) is 50.7 Å². The molecule has 0 amide bonds. The summed E-state index contributed by atoms with van der Waals surface area (Å²) in [5, 5.41) is 5.38. The van der Waals surface area contributed by atoms with Crippen molar-refractivity contribution in [3.05, 3.63) is 113 Å². The second-order valence-electron chi connectivity index (χ2n) is 7.96. The molecular weight excluding hydrogens is 458 g/mol. The molecule has 1 heterocycles. The van der Waals surface area contributed by atoms with Crippen molar-refractivity contribution in [2.45, 2.75) is 6.92 Å². The summed E-state index contributed by atoms with van der Waals surface area (Å²) in [6.07, 6.45) is 0. The van der Waals surface area contributed by atoms with Gasteiger partial charge in [0.05, 0.1) is 19.4 Å².